The lowest BCUT2D eigenvalue weighted by Crippen LogP contribution is -2.44. The van der Waals surface area contributed by atoms with Crippen molar-refractivity contribution in [2.45, 2.75) is 38.3 Å². The van der Waals surface area contributed by atoms with Crippen LogP contribution in [0.3, 0.4) is 0 Å². The van der Waals surface area contributed by atoms with Crippen LogP contribution in [0.25, 0.3) is 0 Å². The van der Waals surface area contributed by atoms with E-state index in [9.17, 15) is 9.90 Å². The molecule has 1 rings (SSSR count). The summed E-state index contributed by atoms with van der Waals surface area (Å²) in [5.41, 5.74) is -0.840. The highest BCUT2D eigenvalue weighted by Crippen LogP contribution is 2.30. The van der Waals surface area contributed by atoms with E-state index in [4.69, 9.17) is 5.11 Å². The third-order valence-corrected chi connectivity index (χ3v) is 2.59. The van der Waals surface area contributed by atoms with Crippen LogP contribution in [-0.4, -0.2) is 39.4 Å². The van der Waals surface area contributed by atoms with Crippen molar-refractivity contribution in [3.63, 3.8) is 0 Å². The summed E-state index contributed by atoms with van der Waals surface area (Å²) < 4.78 is 0. The quantitative estimate of drug-likeness (QED) is 0.619. The van der Waals surface area contributed by atoms with E-state index in [0.717, 1.165) is 0 Å². The van der Waals surface area contributed by atoms with Crippen LogP contribution in [0.2, 0.25) is 0 Å². The Balaban J connectivity index is 2.76. The average Bonchev–Trinajstić information content (AvgIpc) is 2.24. The zero-order chi connectivity index (χ0) is 9.35. The lowest BCUT2D eigenvalue weighted by molar-refractivity contribution is 0.0204. The van der Waals surface area contributed by atoms with Gasteiger partial charge in [0.15, 0.2) is 0 Å². The fraction of sp³-hybridized carbons (Fsp3) is 0.875. The van der Waals surface area contributed by atoms with E-state index < -0.39 is 11.7 Å². The van der Waals surface area contributed by atoms with Crippen molar-refractivity contribution in [3.05, 3.63) is 0 Å². The number of nitrogens with zero attached hydrogens (tertiary/aromatic N) is 1. The van der Waals surface area contributed by atoms with Crippen molar-refractivity contribution in [2.24, 2.45) is 0 Å². The zero-order valence-corrected chi connectivity index (χ0v) is 7.45. The van der Waals surface area contributed by atoms with Gasteiger partial charge >= 0.3 is 6.09 Å². The second-order valence-corrected chi connectivity index (χ2v) is 3.51. The number of amides is 1. The van der Waals surface area contributed by atoms with Crippen LogP contribution in [0.5, 0.6) is 0 Å². The number of carbonyl (C=O) groups is 1. The van der Waals surface area contributed by atoms with Crippen molar-refractivity contribution in [1.82, 2.24) is 4.90 Å². The summed E-state index contributed by atoms with van der Waals surface area (Å²) in [7, 11) is 0. The van der Waals surface area contributed by atoms with Crippen molar-refractivity contribution in [1.29, 1.82) is 0 Å². The molecule has 1 fully saturated rings. The van der Waals surface area contributed by atoms with Gasteiger partial charge in [-0.2, -0.15) is 0 Å². The predicted molar refractivity (Wildman–Crippen MR) is 44.1 cm³/mol. The normalized spacial score (nSPS) is 35.6. The molecule has 0 aliphatic carbocycles. The molecule has 1 amide bonds. The molecule has 4 heteroatoms. The minimum atomic E-state index is -0.931. The molecular formula is C8H15NO3. The first-order valence-electron chi connectivity index (χ1n) is 4.21. The molecule has 0 radical (unpaired) electrons. The van der Waals surface area contributed by atoms with Gasteiger partial charge in [0.25, 0.3) is 0 Å². The Morgan fingerprint density at radius 2 is 2.33 bits per heavy atom. The number of hydrogen-bond donors (Lipinski definition) is 2. The summed E-state index contributed by atoms with van der Waals surface area (Å²) in [6, 6.07) is -0.241. The highest BCUT2D eigenvalue weighted by molar-refractivity contribution is 5.66. The second kappa shape index (κ2) is 2.94. The van der Waals surface area contributed by atoms with E-state index in [1.54, 1.807) is 6.92 Å². The van der Waals surface area contributed by atoms with Gasteiger partial charge in [0.2, 0.25) is 0 Å². The van der Waals surface area contributed by atoms with Crippen LogP contribution in [-0.2, 0) is 0 Å². The third-order valence-electron chi connectivity index (χ3n) is 2.59. The molecular weight excluding hydrogens is 158 g/mol. The highest BCUT2D eigenvalue weighted by Gasteiger charge is 2.43. The number of carboxylic acid groups (broad SMARTS) is 1. The molecule has 2 N–H and O–H groups in total. The van der Waals surface area contributed by atoms with Gasteiger partial charge in [-0.15, -0.1) is 0 Å². The summed E-state index contributed by atoms with van der Waals surface area (Å²) in [6.07, 6.45) is 0.275. The van der Waals surface area contributed by atoms with Gasteiger partial charge in [0.1, 0.15) is 0 Å². The highest BCUT2D eigenvalue weighted by atomic mass is 16.4. The molecule has 0 aromatic rings. The van der Waals surface area contributed by atoms with E-state index >= 15 is 0 Å². The maximum absolute atomic E-state index is 10.7. The Bertz CT molecular complexity index is 191. The summed E-state index contributed by atoms with van der Waals surface area (Å²) >= 11 is 0. The molecule has 2 atom stereocenters. The van der Waals surface area contributed by atoms with Gasteiger partial charge < -0.3 is 15.1 Å². The van der Waals surface area contributed by atoms with Crippen molar-refractivity contribution in [3.8, 4) is 0 Å². The van der Waals surface area contributed by atoms with Crippen LogP contribution in [0.4, 0.5) is 4.79 Å². The van der Waals surface area contributed by atoms with Gasteiger partial charge in [0, 0.05) is 6.54 Å². The molecule has 0 aromatic carbocycles. The van der Waals surface area contributed by atoms with E-state index in [1.807, 2.05) is 6.92 Å². The fourth-order valence-corrected chi connectivity index (χ4v) is 1.89. The Hall–Kier alpha value is -0.770. The number of aliphatic hydroxyl groups is 1. The summed E-state index contributed by atoms with van der Waals surface area (Å²) in [5.74, 6) is 0. The molecule has 0 aromatic heterocycles. The average molecular weight is 173 g/mol. The second-order valence-electron chi connectivity index (χ2n) is 3.51. The minimum Gasteiger partial charge on any atom is -0.465 e. The van der Waals surface area contributed by atoms with E-state index in [0.29, 0.717) is 19.4 Å². The maximum Gasteiger partial charge on any atom is 0.407 e. The van der Waals surface area contributed by atoms with Crippen LogP contribution < -0.4 is 0 Å². The van der Waals surface area contributed by atoms with E-state index in [1.165, 1.54) is 4.90 Å². The Morgan fingerprint density at radius 3 is 2.67 bits per heavy atom. The van der Waals surface area contributed by atoms with Crippen LogP contribution in [0.15, 0.2) is 0 Å². The maximum atomic E-state index is 10.7. The van der Waals surface area contributed by atoms with Crippen molar-refractivity contribution >= 4 is 6.09 Å². The SMILES string of the molecule is CC[C@@H]1N(C(=O)O)CC[C@]1(C)O. The van der Waals surface area contributed by atoms with Gasteiger partial charge in [-0.3, -0.25) is 0 Å². The van der Waals surface area contributed by atoms with Crippen molar-refractivity contribution in [2.75, 3.05) is 6.54 Å². The smallest absolute Gasteiger partial charge is 0.407 e. The Kier molecular flexibility index (Phi) is 2.28. The molecule has 70 valence electrons. The minimum absolute atomic E-state index is 0.241. The van der Waals surface area contributed by atoms with Crippen LogP contribution in [0.1, 0.15) is 26.7 Å². The fourth-order valence-electron chi connectivity index (χ4n) is 1.89. The third kappa shape index (κ3) is 1.39. The van der Waals surface area contributed by atoms with Gasteiger partial charge in [-0.05, 0) is 19.8 Å². The first-order chi connectivity index (χ1) is 5.49. The Morgan fingerprint density at radius 1 is 1.75 bits per heavy atom. The molecule has 0 spiro atoms. The molecule has 1 heterocycles. The number of hydrogen-bond acceptors (Lipinski definition) is 2. The largest absolute Gasteiger partial charge is 0.465 e. The van der Waals surface area contributed by atoms with E-state index in [-0.39, 0.29) is 6.04 Å². The summed E-state index contributed by atoms with van der Waals surface area (Å²) in [4.78, 5) is 12.0. The number of likely N-dealkylation sites (tertiary alicyclic amines) is 1. The topological polar surface area (TPSA) is 60.8 Å². The first-order valence-corrected chi connectivity index (χ1v) is 4.21. The standard InChI is InChI=1S/C8H15NO3/c1-3-6-8(2,12)4-5-9(6)7(10)11/h6,12H,3-5H2,1-2H3,(H,10,11)/t6-,8-/m0/s1. The molecule has 0 saturated carbocycles. The van der Waals surface area contributed by atoms with Gasteiger partial charge in [-0.1, -0.05) is 6.92 Å². The zero-order valence-electron chi connectivity index (χ0n) is 7.45. The Labute approximate surface area is 71.8 Å². The van der Waals surface area contributed by atoms with Crippen LogP contribution >= 0.6 is 0 Å². The summed E-state index contributed by atoms with van der Waals surface area (Å²) in [6.45, 7) is 4.03. The summed E-state index contributed by atoms with van der Waals surface area (Å²) in [5, 5.41) is 18.5. The number of rotatable bonds is 1. The first kappa shape index (κ1) is 9.32. The van der Waals surface area contributed by atoms with Crippen molar-refractivity contribution < 1.29 is 15.0 Å². The molecule has 12 heavy (non-hydrogen) atoms. The van der Waals surface area contributed by atoms with E-state index in [2.05, 4.69) is 0 Å². The molecule has 0 unspecified atom stereocenters. The molecule has 4 nitrogen and oxygen atoms in total. The van der Waals surface area contributed by atoms with Crippen LogP contribution in [0, 0.1) is 0 Å². The lowest BCUT2D eigenvalue weighted by Gasteiger charge is -2.28. The molecule has 0 bridgehead atoms. The van der Waals surface area contributed by atoms with Gasteiger partial charge in [0.05, 0.1) is 11.6 Å². The lowest BCUT2D eigenvalue weighted by atomic mass is 9.95. The molecule has 1 aliphatic heterocycles. The van der Waals surface area contributed by atoms with Gasteiger partial charge in [-0.25, -0.2) is 4.79 Å². The predicted octanol–water partition coefficient (Wildman–Crippen LogP) is 0.900. The molecule has 1 saturated heterocycles. The molecule has 1 aliphatic rings. The monoisotopic (exact) mass is 173 g/mol.